The molecule has 98 valence electrons. The molecule has 0 spiro atoms. The molecule has 3 atom stereocenters. The second kappa shape index (κ2) is 5.33. The third-order valence-corrected chi connectivity index (χ3v) is 3.77. The lowest BCUT2D eigenvalue weighted by Gasteiger charge is -2.33. The molecule has 1 fully saturated rings. The lowest BCUT2D eigenvalue weighted by Crippen LogP contribution is -2.33. The summed E-state index contributed by atoms with van der Waals surface area (Å²) >= 11 is 0. The van der Waals surface area contributed by atoms with E-state index in [0.29, 0.717) is 17.6 Å². The SMILES string of the molecule is CC1CCC(Nc2ccncc2[N+](=O)[O-])C(C)C1. The zero-order valence-electron chi connectivity index (χ0n) is 10.8. The molecule has 0 bridgehead atoms. The first-order valence-electron chi connectivity index (χ1n) is 6.43. The number of nitrogens with one attached hydrogen (secondary N) is 1. The van der Waals surface area contributed by atoms with Crippen molar-refractivity contribution < 1.29 is 4.92 Å². The fourth-order valence-corrected chi connectivity index (χ4v) is 2.73. The summed E-state index contributed by atoms with van der Waals surface area (Å²) in [5.41, 5.74) is 0.643. The number of hydrogen-bond donors (Lipinski definition) is 1. The number of aromatic nitrogens is 1. The topological polar surface area (TPSA) is 68.1 Å². The van der Waals surface area contributed by atoms with E-state index in [4.69, 9.17) is 0 Å². The Morgan fingerprint density at radius 2 is 2.22 bits per heavy atom. The summed E-state index contributed by atoms with van der Waals surface area (Å²) in [4.78, 5) is 14.3. The van der Waals surface area contributed by atoms with E-state index in [2.05, 4.69) is 24.1 Å². The Morgan fingerprint density at radius 1 is 1.44 bits per heavy atom. The van der Waals surface area contributed by atoms with Gasteiger partial charge in [-0.25, -0.2) is 0 Å². The van der Waals surface area contributed by atoms with Gasteiger partial charge in [0.2, 0.25) is 0 Å². The van der Waals surface area contributed by atoms with Crippen LogP contribution in [0.15, 0.2) is 18.5 Å². The molecular formula is C13H19N3O2. The van der Waals surface area contributed by atoms with E-state index in [-0.39, 0.29) is 10.6 Å². The molecule has 0 aliphatic heterocycles. The van der Waals surface area contributed by atoms with Crippen LogP contribution in [0.5, 0.6) is 0 Å². The molecule has 1 aliphatic carbocycles. The smallest absolute Gasteiger partial charge is 0.310 e. The van der Waals surface area contributed by atoms with Crippen LogP contribution in [0.3, 0.4) is 0 Å². The molecule has 5 heteroatoms. The van der Waals surface area contributed by atoms with Crippen molar-refractivity contribution in [3.63, 3.8) is 0 Å². The molecule has 1 saturated carbocycles. The number of nitrogens with zero attached hydrogens (tertiary/aromatic N) is 2. The van der Waals surface area contributed by atoms with Gasteiger partial charge in [0.15, 0.2) is 0 Å². The number of nitro groups is 1. The highest BCUT2D eigenvalue weighted by Gasteiger charge is 2.26. The second-order valence-corrected chi connectivity index (χ2v) is 5.30. The summed E-state index contributed by atoms with van der Waals surface area (Å²) in [7, 11) is 0. The standard InChI is InChI=1S/C13H19N3O2/c1-9-3-4-11(10(2)7-9)15-12-5-6-14-8-13(12)16(17)18/h5-6,8-11H,3-4,7H2,1-2H3,(H,14,15). The van der Waals surface area contributed by atoms with Crippen molar-refractivity contribution in [1.29, 1.82) is 0 Å². The Labute approximate surface area is 107 Å². The minimum absolute atomic E-state index is 0.0586. The molecule has 1 heterocycles. The van der Waals surface area contributed by atoms with E-state index in [1.807, 2.05) is 0 Å². The summed E-state index contributed by atoms with van der Waals surface area (Å²) in [6.07, 6.45) is 6.32. The highest BCUT2D eigenvalue weighted by Crippen LogP contribution is 2.32. The van der Waals surface area contributed by atoms with Crippen LogP contribution in [-0.2, 0) is 0 Å². The average Bonchev–Trinajstić information content (AvgIpc) is 2.33. The molecule has 0 saturated heterocycles. The van der Waals surface area contributed by atoms with Crippen LogP contribution in [0.4, 0.5) is 11.4 Å². The van der Waals surface area contributed by atoms with E-state index >= 15 is 0 Å². The van der Waals surface area contributed by atoms with Crippen LogP contribution < -0.4 is 5.32 Å². The summed E-state index contributed by atoms with van der Waals surface area (Å²) in [5.74, 6) is 1.30. The minimum Gasteiger partial charge on any atom is -0.376 e. The first-order valence-corrected chi connectivity index (χ1v) is 6.43. The van der Waals surface area contributed by atoms with Crippen LogP contribution in [0.25, 0.3) is 0 Å². The first kappa shape index (κ1) is 12.8. The van der Waals surface area contributed by atoms with Gasteiger partial charge >= 0.3 is 5.69 Å². The molecule has 5 nitrogen and oxygen atoms in total. The molecule has 0 aromatic carbocycles. The molecule has 1 aromatic heterocycles. The van der Waals surface area contributed by atoms with E-state index in [1.54, 1.807) is 12.3 Å². The predicted molar refractivity (Wildman–Crippen MR) is 70.5 cm³/mol. The van der Waals surface area contributed by atoms with E-state index in [1.165, 1.54) is 19.0 Å². The zero-order valence-corrected chi connectivity index (χ0v) is 10.8. The fraction of sp³-hybridized carbons (Fsp3) is 0.615. The lowest BCUT2D eigenvalue weighted by atomic mass is 9.80. The Bertz CT molecular complexity index is 436. The lowest BCUT2D eigenvalue weighted by molar-refractivity contribution is -0.384. The molecule has 1 N–H and O–H groups in total. The summed E-state index contributed by atoms with van der Waals surface area (Å²) in [6, 6.07) is 2.00. The maximum atomic E-state index is 10.9. The Kier molecular flexibility index (Phi) is 3.79. The normalized spacial score (nSPS) is 27.8. The largest absolute Gasteiger partial charge is 0.376 e. The maximum absolute atomic E-state index is 10.9. The van der Waals surface area contributed by atoms with E-state index in [9.17, 15) is 10.1 Å². The van der Waals surface area contributed by atoms with Gasteiger partial charge < -0.3 is 5.32 Å². The number of hydrogen-bond acceptors (Lipinski definition) is 4. The molecular weight excluding hydrogens is 230 g/mol. The van der Waals surface area contributed by atoms with Gasteiger partial charge in [0.25, 0.3) is 0 Å². The predicted octanol–water partition coefficient (Wildman–Crippen LogP) is 3.23. The van der Waals surface area contributed by atoms with Gasteiger partial charge in [0.05, 0.1) is 4.92 Å². The van der Waals surface area contributed by atoms with Crippen molar-refractivity contribution in [1.82, 2.24) is 4.98 Å². The van der Waals surface area contributed by atoms with Crippen molar-refractivity contribution in [3.8, 4) is 0 Å². The molecule has 0 amide bonds. The fourth-order valence-electron chi connectivity index (χ4n) is 2.73. The van der Waals surface area contributed by atoms with E-state index in [0.717, 1.165) is 12.3 Å². The quantitative estimate of drug-likeness (QED) is 0.659. The van der Waals surface area contributed by atoms with Crippen molar-refractivity contribution in [2.75, 3.05) is 5.32 Å². The highest BCUT2D eigenvalue weighted by atomic mass is 16.6. The van der Waals surface area contributed by atoms with Gasteiger partial charge in [0.1, 0.15) is 11.9 Å². The van der Waals surface area contributed by atoms with Crippen molar-refractivity contribution in [3.05, 3.63) is 28.6 Å². The van der Waals surface area contributed by atoms with E-state index < -0.39 is 0 Å². The third kappa shape index (κ3) is 2.78. The molecule has 1 aromatic rings. The number of pyridine rings is 1. The zero-order chi connectivity index (χ0) is 13.1. The van der Waals surface area contributed by atoms with Crippen LogP contribution >= 0.6 is 0 Å². The van der Waals surface area contributed by atoms with Crippen LogP contribution in [0.2, 0.25) is 0 Å². The molecule has 2 rings (SSSR count). The third-order valence-electron chi connectivity index (χ3n) is 3.77. The molecule has 18 heavy (non-hydrogen) atoms. The Morgan fingerprint density at radius 3 is 2.89 bits per heavy atom. The van der Waals surface area contributed by atoms with Gasteiger partial charge in [-0.3, -0.25) is 15.1 Å². The molecule has 0 radical (unpaired) electrons. The van der Waals surface area contributed by atoms with Crippen LogP contribution in [-0.4, -0.2) is 15.9 Å². The summed E-state index contributed by atoms with van der Waals surface area (Å²) in [5, 5.41) is 14.2. The Hall–Kier alpha value is -1.65. The van der Waals surface area contributed by atoms with Crippen molar-refractivity contribution in [2.45, 2.75) is 39.2 Å². The van der Waals surface area contributed by atoms with Gasteiger partial charge in [0, 0.05) is 12.2 Å². The van der Waals surface area contributed by atoms with Crippen LogP contribution in [0.1, 0.15) is 33.1 Å². The average molecular weight is 249 g/mol. The first-order chi connectivity index (χ1) is 8.58. The van der Waals surface area contributed by atoms with Gasteiger partial charge in [-0.15, -0.1) is 0 Å². The summed E-state index contributed by atoms with van der Waals surface area (Å²) in [6.45, 7) is 4.47. The summed E-state index contributed by atoms with van der Waals surface area (Å²) < 4.78 is 0. The van der Waals surface area contributed by atoms with Gasteiger partial charge in [-0.2, -0.15) is 0 Å². The van der Waals surface area contributed by atoms with Crippen LogP contribution in [0, 0.1) is 22.0 Å². The Balaban J connectivity index is 2.12. The number of rotatable bonds is 3. The molecule has 1 aliphatic rings. The second-order valence-electron chi connectivity index (χ2n) is 5.30. The maximum Gasteiger partial charge on any atom is 0.310 e. The highest BCUT2D eigenvalue weighted by molar-refractivity contribution is 5.60. The number of anilines is 1. The monoisotopic (exact) mass is 249 g/mol. The van der Waals surface area contributed by atoms with Gasteiger partial charge in [-0.05, 0) is 37.2 Å². The molecule has 3 unspecified atom stereocenters. The van der Waals surface area contributed by atoms with Gasteiger partial charge in [-0.1, -0.05) is 13.8 Å². The minimum atomic E-state index is -0.383. The van der Waals surface area contributed by atoms with Crippen molar-refractivity contribution in [2.24, 2.45) is 11.8 Å². The van der Waals surface area contributed by atoms with Crippen molar-refractivity contribution >= 4 is 11.4 Å².